The van der Waals surface area contributed by atoms with E-state index in [1.807, 2.05) is 19.9 Å². The van der Waals surface area contributed by atoms with Crippen LogP contribution in [0.5, 0.6) is 0 Å². The molecule has 0 unspecified atom stereocenters. The second kappa shape index (κ2) is 2.29. The van der Waals surface area contributed by atoms with Gasteiger partial charge in [-0.15, -0.1) is 0 Å². The zero-order valence-electron chi connectivity index (χ0n) is 5.18. The SMILES string of the molecule is CC=C(C)C1OCO1. The minimum atomic E-state index is -0.0417. The van der Waals surface area contributed by atoms with E-state index in [-0.39, 0.29) is 6.29 Å². The lowest BCUT2D eigenvalue weighted by molar-refractivity contribution is -0.301. The summed E-state index contributed by atoms with van der Waals surface area (Å²) in [5.41, 5.74) is 1.15. The van der Waals surface area contributed by atoms with Gasteiger partial charge in [0.15, 0.2) is 13.1 Å². The van der Waals surface area contributed by atoms with E-state index in [1.54, 1.807) is 0 Å². The number of hydrogen-bond donors (Lipinski definition) is 0. The molecule has 0 radical (unpaired) electrons. The van der Waals surface area contributed by atoms with Gasteiger partial charge >= 0.3 is 0 Å². The number of allylic oxidation sites excluding steroid dienone is 1. The zero-order valence-corrected chi connectivity index (χ0v) is 5.18. The maximum atomic E-state index is 4.99. The Morgan fingerprint density at radius 2 is 2.25 bits per heavy atom. The average Bonchev–Trinajstić information content (AvgIpc) is 1.62. The average molecular weight is 114 g/mol. The Balaban J connectivity index is 2.34. The Labute approximate surface area is 49.1 Å². The molecular formula is C6H10O2. The number of ether oxygens (including phenoxy) is 2. The van der Waals surface area contributed by atoms with Gasteiger partial charge in [-0.2, -0.15) is 0 Å². The third-order valence-corrected chi connectivity index (χ3v) is 1.27. The molecule has 46 valence electrons. The highest BCUT2D eigenvalue weighted by Crippen LogP contribution is 2.14. The zero-order chi connectivity index (χ0) is 5.98. The van der Waals surface area contributed by atoms with Crippen molar-refractivity contribution < 1.29 is 9.47 Å². The first-order valence-electron chi connectivity index (χ1n) is 2.70. The van der Waals surface area contributed by atoms with Crippen molar-refractivity contribution in [3.63, 3.8) is 0 Å². The fourth-order valence-electron chi connectivity index (χ4n) is 0.535. The Bertz CT molecular complexity index is 103. The lowest BCUT2D eigenvalue weighted by Gasteiger charge is -2.27. The van der Waals surface area contributed by atoms with Crippen molar-refractivity contribution in [1.82, 2.24) is 0 Å². The van der Waals surface area contributed by atoms with Crippen LogP contribution in [0.4, 0.5) is 0 Å². The second-order valence-corrected chi connectivity index (χ2v) is 1.82. The van der Waals surface area contributed by atoms with Crippen molar-refractivity contribution in [3.05, 3.63) is 11.6 Å². The van der Waals surface area contributed by atoms with Crippen LogP contribution in [0.1, 0.15) is 13.8 Å². The monoisotopic (exact) mass is 114 g/mol. The molecule has 1 saturated heterocycles. The van der Waals surface area contributed by atoms with Crippen molar-refractivity contribution in [2.24, 2.45) is 0 Å². The Hall–Kier alpha value is -0.340. The highest BCUT2D eigenvalue weighted by molar-refractivity contribution is 5.00. The Morgan fingerprint density at radius 1 is 1.62 bits per heavy atom. The molecule has 8 heavy (non-hydrogen) atoms. The van der Waals surface area contributed by atoms with Gasteiger partial charge in [0.05, 0.1) is 0 Å². The molecule has 0 aromatic rings. The van der Waals surface area contributed by atoms with Gasteiger partial charge in [0, 0.05) is 0 Å². The fourth-order valence-corrected chi connectivity index (χ4v) is 0.535. The third-order valence-electron chi connectivity index (χ3n) is 1.27. The van der Waals surface area contributed by atoms with Crippen molar-refractivity contribution in [1.29, 1.82) is 0 Å². The maximum Gasteiger partial charge on any atom is 0.185 e. The van der Waals surface area contributed by atoms with Gasteiger partial charge in [-0.25, -0.2) is 0 Å². The molecule has 2 nitrogen and oxygen atoms in total. The molecule has 0 amide bonds. The number of rotatable bonds is 1. The maximum absolute atomic E-state index is 4.99. The van der Waals surface area contributed by atoms with Crippen LogP contribution in [0.15, 0.2) is 11.6 Å². The predicted octanol–water partition coefficient (Wildman–Crippen LogP) is 1.28. The topological polar surface area (TPSA) is 18.5 Å². The molecule has 1 fully saturated rings. The normalized spacial score (nSPS) is 23.0. The Morgan fingerprint density at radius 3 is 2.38 bits per heavy atom. The van der Waals surface area contributed by atoms with Crippen LogP contribution in [0.3, 0.4) is 0 Å². The lowest BCUT2D eigenvalue weighted by Crippen LogP contribution is -2.31. The summed E-state index contributed by atoms with van der Waals surface area (Å²) in [5, 5.41) is 0. The molecule has 0 atom stereocenters. The summed E-state index contributed by atoms with van der Waals surface area (Å²) in [6.07, 6.45) is 1.95. The van der Waals surface area contributed by atoms with Crippen LogP contribution >= 0.6 is 0 Å². The molecule has 2 heteroatoms. The first-order valence-corrected chi connectivity index (χ1v) is 2.70. The standard InChI is InChI=1S/C6H10O2/c1-3-5(2)6-7-4-8-6/h3,6H,4H2,1-2H3. The van der Waals surface area contributed by atoms with Gasteiger partial charge in [-0.1, -0.05) is 6.08 Å². The summed E-state index contributed by atoms with van der Waals surface area (Å²) in [6, 6.07) is 0. The van der Waals surface area contributed by atoms with Crippen LogP contribution < -0.4 is 0 Å². The molecule has 0 N–H and O–H groups in total. The highest BCUT2D eigenvalue weighted by Gasteiger charge is 2.18. The predicted molar refractivity (Wildman–Crippen MR) is 30.3 cm³/mol. The van der Waals surface area contributed by atoms with Crippen LogP contribution in [-0.2, 0) is 9.47 Å². The molecule has 0 aliphatic carbocycles. The Kier molecular flexibility index (Phi) is 1.65. The summed E-state index contributed by atoms with van der Waals surface area (Å²) >= 11 is 0. The third kappa shape index (κ3) is 0.904. The molecule has 0 aromatic heterocycles. The van der Waals surface area contributed by atoms with E-state index in [0.717, 1.165) is 5.57 Å². The van der Waals surface area contributed by atoms with Gasteiger partial charge < -0.3 is 9.47 Å². The second-order valence-electron chi connectivity index (χ2n) is 1.82. The molecule has 0 bridgehead atoms. The molecule has 1 aliphatic rings. The molecule has 1 aliphatic heterocycles. The molecular weight excluding hydrogens is 104 g/mol. The fraction of sp³-hybridized carbons (Fsp3) is 0.667. The van der Waals surface area contributed by atoms with Crippen LogP contribution in [-0.4, -0.2) is 13.1 Å². The van der Waals surface area contributed by atoms with E-state index in [2.05, 4.69) is 0 Å². The van der Waals surface area contributed by atoms with E-state index >= 15 is 0 Å². The lowest BCUT2D eigenvalue weighted by atomic mass is 10.3. The largest absolute Gasteiger partial charge is 0.322 e. The van der Waals surface area contributed by atoms with Gasteiger partial charge in [0.25, 0.3) is 0 Å². The smallest absolute Gasteiger partial charge is 0.185 e. The first kappa shape index (κ1) is 5.79. The minimum absolute atomic E-state index is 0.0417. The highest BCUT2D eigenvalue weighted by atomic mass is 16.8. The van der Waals surface area contributed by atoms with Gasteiger partial charge in [-0.3, -0.25) is 0 Å². The summed E-state index contributed by atoms with van der Waals surface area (Å²) in [4.78, 5) is 0. The van der Waals surface area contributed by atoms with Gasteiger partial charge in [-0.05, 0) is 19.4 Å². The van der Waals surface area contributed by atoms with E-state index in [0.29, 0.717) is 6.79 Å². The van der Waals surface area contributed by atoms with Crippen LogP contribution in [0, 0.1) is 0 Å². The van der Waals surface area contributed by atoms with Crippen LogP contribution in [0.2, 0.25) is 0 Å². The van der Waals surface area contributed by atoms with Crippen molar-refractivity contribution in [2.75, 3.05) is 6.79 Å². The van der Waals surface area contributed by atoms with E-state index in [9.17, 15) is 0 Å². The van der Waals surface area contributed by atoms with Crippen molar-refractivity contribution in [3.8, 4) is 0 Å². The quantitative estimate of drug-likeness (QED) is 0.478. The minimum Gasteiger partial charge on any atom is -0.322 e. The van der Waals surface area contributed by atoms with Crippen molar-refractivity contribution in [2.45, 2.75) is 20.1 Å². The van der Waals surface area contributed by atoms with E-state index < -0.39 is 0 Å². The molecule has 0 saturated carbocycles. The summed E-state index contributed by atoms with van der Waals surface area (Å²) in [7, 11) is 0. The first-order chi connectivity index (χ1) is 3.84. The van der Waals surface area contributed by atoms with Crippen LogP contribution in [0.25, 0.3) is 0 Å². The van der Waals surface area contributed by atoms with E-state index in [4.69, 9.17) is 9.47 Å². The summed E-state index contributed by atoms with van der Waals surface area (Å²) < 4.78 is 9.99. The molecule has 1 heterocycles. The molecule has 0 aromatic carbocycles. The molecule has 0 spiro atoms. The molecule has 1 rings (SSSR count). The van der Waals surface area contributed by atoms with Crippen molar-refractivity contribution >= 4 is 0 Å². The van der Waals surface area contributed by atoms with Gasteiger partial charge in [0.1, 0.15) is 0 Å². The number of hydrogen-bond acceptors (Lipinski definition) is 2. The van der Waals surface area contributed by atoms with Gasteiger partial charge in [0.2, 0.25) is 0 Å². The van der Waals surface area contributed by atoms with E-state index in [1.165, 1.54) is 0 Å². The summed E-state index contributed by atoms with van der Waals surface area (Å²) in [5.74, 6) is 0. The summed E-state index contributed by atoms with van der Waals surface area (Å²) in [6.45, 7) is 4.42.